The number of benzene rings is 1. The molecule has 1 aromatic carbocycles. The smallest absolute Gasteiger partial charge is 0.338 e. The Kier molecular flexibility index (Phi) is 7.12. The standard InChI is InChI=1S/C21H26N2O5/c1-13-9-19(15(3)23(13)14(2)11-27-5)20(25)12-28-21(26)17-7-6-8-18(10-17)22-16(4)24/h6-10,14H,11-12H2,1-5H3,(H,22,24). The van der Waals surface area contributed by atoms with Crippen LogP contribution >= 0.6 is 0 Å². The number of ether oxygens (including phenoxy) is 2. The molecular weight excluding hydrogens is 360 g/mol. The van der Waals surface area contributed by atoms with Crippen LogP contribution in [0.25, 0.3) is 0 Å². The summed E-state index contributed by atoms with van der Waals surface area (Å²) in [4.78, 5) is 36.0. The van der Waals surface area contributed by atoms with Gasteiger partial charge in [0.2, 0.25) is 11.7 Å². The SMILES string of the molecule is COCC(C)n1c(C)cc(C(=O)COC(=O)c2cccc(NC(C)=O)c2)c1C. The van der Waals surface area contributed by atoms with Crippen LogP contribution in [-0.2, 0) is 14.3 Å². The first-order chi connectivity index (χ1) is 13.2. The van der Waals surface area contributed by atoms with Gasteiger partial charge in [-0.2, -0.15) is 0 Å². The fraction of sp³-hybridized carbons (Fsp3) is 0.381. The van der Waals surface area contributed by atoms with Crippen LogP contribution in [0.1, 0.15) is 52.0 Å². The number of esters is 1. The molecule has 0 radical (unpaired) electrons. The van der Waals surface area contributed by atoms with Crippen molar-refractivity contribution < 1.29 is 23.9 Å². The van der Waals surface area contributed by atoms with Gasteiger partial charge in [0.25, 0.3) is 0 Å². The Labute approximate surface area is 164 Å². The van der Waals surface area contributed by atoms with Crippen LogP contribution < -0.4 is 5.32 Å². The Morgan fingerprint density at radius 2 is 1.89 bits per heavy atom. The molecule has 0 aliphatic heterocycles. The Morgan fingerprint density at radius 3 is 2.54 bits per heavy atom. The lowest BCUT2D eigenvalue weighted by molar-refractivity contribution is -0.114. The fourth-order valence-corrected chi connectivity index (χ4v) is 3.27. The maximum absolute atomic E-state index is 12.6. The minimum absolute atomic E-state index is 0.0885. The van der Waals surface area contributed by atoms with Gasteiger partial charge in [-0.1, -0.05) is 6.07 Å². The Morgan fingerprint density at radius 1 is 1.18 bits per heavy atom. The van der Waals surface area contributed by atoms with Crippen LogP contribution in [0.4, 0.5) is 5.69 Å². The van der Waals surface area contributed by atoms with E-state index in [9.17, 15) is 14.4 Å². The average Bonchev–Trinajstić information content (AvgIpc) is 2.93. The van der Waals surface area contributed by atoms with Gasteiger partial charge in [0.05, 0.1) is 18.2 Å². The van der Waals surface area contributed by atoms with Gasteiger partial charge in [-0.25, -0.2) is 4.79 Å². The van der Waals surface area contributed by atoms with Gasteiger partial charge >= 0.3 is 5.97 Å². The normalized spacial score (nSPS) is 11.8. The van der Waals surface area contributed by atoms with E-state index < -0.39 is 5.97 Å². The summed E-state index contributed by atoms with van der Waals surface area (Å²) in [6.45, 7) is 7.36. The van der Waals surface area contributed by atoms with Crippen molar-refractivity contribution in [1.82, 2.24) is 4.57 Å². The molecule has 2 rings (SSSR count). The number of amides is 1. The summed E-state index contributed by atoms with van der Waals surface area (Å²) >= 11 is 0. The molecule has 0 saturated heterocycles. The van der Waals surface area contributed by atoms with E-state index in [4.69, 9.17) is 9.47 Å². The third-order valence-electron chi connectivity index (χ3n) is 4.39. The highest BCUT2D eigenvalue weighted by Crippen LogP contribution is 2.21. The van der Waals surface area contributed by atoms with Crippen LogP contribution in [0.5, 0.6) is 0 Å². The number of carbonyl (C=O) groups is 3. The lowest BCUT2D eigenvalue weighted by atomic mass is 10.1. The van der Waals surface area contributed by atoms with E-state index in [0.717, 1.165) is 11.4 Å². The fourth-order valence-electron chi connectivity index (χ4n) is 3.27. The van der Waals surface area contributed by atoms with Crippen molar-refractivity contribution in [2.45, 2.75) is 33.7 Å². The first-order valence-corrected chi connectivity index (χ1v) is 9.00. The van der Waals surface area contributed by atoms with Gasteiger partial charge in [0.1, 0.15) is 0 Å². The van der Waals surface area contributed by atoms with Gasteiger partial charge in [0.15, 0.2) is 6.61 Å². The van der Waals surface area contributed by atoms with E-state index in [2.05, 4.69) is 5.32 Å². The van der Waals surface area contributed by atoms with E-state index >= 15 is 0 Å². The Balaban J connectivity index is 2.07. The molecular formula is C21H26N2O5. The zero-order valence-corrected chi connectivity index (χ0v) is 16.9. The third kappa shape index (κ3) is 5.07. The number of aryl methyl sites for hydroxylation is 1. The number of methoxy groups -OCH3 is 1. The maximum atomic E-state index is 12.6. The van der Waals surface area contributed by atoms with Gasteiger partial charge in [0, 0.05) is 36.7 Å². The number of rotatable bonds is 8. The first kappa shape index (κ1) is 21.4. The zero-order valence-electron chi connectivity index (χ0n) is 16.9. The Bertz CT molecular complexity index is 885. The number of anilines is 1. The average molecular weight is 386 g/mol. The number of nitrogens with one attached hydrogen (secondary N) is 1. The van der Waals surface area contributed by atoms with Crippen molar-refractivity contribution >= 4 is 23.3 Å². The molecule has 28 heavy (non-hydrogen) atoms. The van der Waals surface area contributed by atoms with Crippen molar-refractivity contribution in [3.8, 4) is 0 Å². The summed E-state index contributed by atoms with van der Waals surface area (Å²) in [5.74, 6) is -1.13. The lowest BCUT2D eigenvalue weighted by Gasteiger charge is -2.17. The molecule has 0 aliphatic carbocycles. The minimum atomic E-state index is -0.623. The van der Waals surface area contributed by atoms with Gasteiger partial charge < -0.3 is 19.4 Å². The van der Waals surface area contributed by atoms with Crippen LogP contribution in [0.2, 0.25) is 0 Å². The molecule has 0 spiro atoms. The second-order valence-corrected chi connectivity index (χ2v) is 6.72. The number of carbonyl (C=O) groups excluding carboxylic acids is 3. The molecule has 7 heteroatoms. The van der Waals surface area contributed by atoms with Gasteiger partial charge in [-0.3, -0.25) is 9.59 Å². The molecule has 150 valence electrons. The molecule has 1 aromatic heterocycles. The van der Waals surface area contributed by atoms with Gasteiger partial charge in [-0.05, 0) is 45.0 Å². The lowest BCUT2D eigenvalue weighted by Crippen LogP contribution is -2.17. The minimum Gasteiger partial charge on any atom is -0.454 e. The van der Waals surface area contributed by atoms with Crippen molar-refractivity contribution in [2.75, 3.05) is 25.6 Å². The highest BCUT2D eigenvalue weighted by Gasteiger charge is 2.20. The zero-order chi connectivity index (χ0) is 20.8. The monoisotopic (exact) mass is 386 g/mol. The van der Waals surface area contributed by atoms with Crippen molar-refractivity contribution in [2.24, 2.45) is 0 Å². The number of aromatic nitrogens is 1. The topological polar surface area (TPSA) is 86.6 Å². The third-order valence-corrected chi connectivity index (χ3v) is 4.39. The van der Waals surface area contributed by atoms with Crippen LogP contribution in [0.3, 0.4) is 0 Å². The largest absolute Gasteiger partial charge is 0.454 e. The second-order valence-electron chi connectivity index (χ2n) is 6.72. The number of hydrogen-bond acceptors (Lipinski definition) is 5. The Hall–Kier alpha value is -2.93. The highest BCUT2D eigenvalue weighted by atomic mass is 16.5. The van der Waals surface area contributed by atoms with E-state index in [0.29, 0.717) is 17.9 Å². The predicted molar refractivity (Wildman–Crippen MR) is 106 cm³/mol. The summed E-state index contributed by atoms with van der Waals surface area (Å²) in [5.41, 5.74) is 3.04. The summed E-state index contributed by atoms with van der Waals surface area (Å²) in [6, 6.07) is 8.26. The van der Waals surface area contributed by atoms with Gasteiger partial charge in [-0.15, -0.1) is 0 Å². The molecule has 1 atom stereocenters. The molecule has 1 N–H and O–H groups in total. The molecule has 1 unspecified atom stereocenters. The van der Waals surface area contributed by atoms with E-state index in [1.165, 1.54) is 13.0 Å². The van der Waals surface area contributed by atoms with E-state index in [1.807, 2.05) is 25.3 Å². The first-order valence-electron chi connectivity index (χ1n) is 9.00. The second kappa shape index (κ2) is 9.32. The molecule has 1 amide bonds. The predicted octanol–water partition coefficient (Wildman–Crippen LogP) is 3.31. The van der Waals surface area contributed by atoms with Crippen LogP contribution in [0.15, 0.2) is 30.3 Å². The summed E-state index contributed by atoms with van der Waals surface area (Å²) in [5, 5.41) is 2.60. The molecule has 0 saturated carbocycles. The van der Waals surface area contributed by atoms with Crippen molar-refractivity contribution in [3.05, 3.63) is 52.8 Å². The molecule has 2 aromatic rings. The van der Waals surface area contributed by atoms with Crippen LogP contribution in [0, 0.1) is 13.8 Å². The van der Waals surface area contributed by atoms with Crippen LogP contribution in [-0.4, -0.2) is 42.6 Å². The number of nitrogens with zero attached hydrogens (tertiary/aromatic N) is 1. The summed E-state index contributed by atoms with van der Waals surface area (Å²) < 4.78 is 12.4. The summed E-state index contributed by atoms with van der Waals surface area (Å²) in [6.07, 6.45) is 0. The molecule has 1 heterocycles. The van der Waals surface area contributed by atoms with E-state index in [-0.39, 0.29) is 29.9 Å². The number of hydrogen-bond donors (Lipinski definition) is 1. The quantitative estimate of drug-likeness (QED) is 0.556. The van der Waals surface area contributed by atoms with Crippen molar-refractivity contribution in [3.63, 3.8) is 0 Å². The number of ketones is 1. The maximum Gasteiger partial charge on any atom is 0.338 e. The highest BCUT2D eigenvalue weighted by molar-refractivity contribution is 6.00. The van der Waals surface area contributed by atoms with E-state index in [1.54, 1.807) is 31.4 Å². The molecule has 0 bridgehead atoms. The molecule has 0 aliphatic rings. The molecule has 7 nitrogen and oxygen atoms in total. The number of Topliss-reactive ketones (excluding diaryl/α,β-unsaturated/α-hetero) is 1. The summed E-state index contributed by atoms with van der Waals surface area (Å²) in [7, 11) is 1.64. The van der Waals surface area contributed by atoms with Crippen molar-refractivity contribution in [1.29, 1.82) is 0 Å². The molecule has 0 fully saturated rings.